The Morgan fingerprint density at radius 3 is 1.84 bits per heavy atom. The Morgan fingerprint density at radius 2 is 1.40 bits per heavy atom. The third-order valence-electron chi connectivity index (χ3n) is 4.19. The van der Waals surface area contributed by atoms with Crippen molar-refractivity contribution in [2.45, 2.75) is 27.3 Å². The zero-order valence-electron chi connectivity index (χ0n) is 15.6. The summed E-state index contributed by atoms with van der Waals surface area (Å²) in [7, 11) is 4.58. The molecule has 5 nitrogen and oxygen atoms in total. The molecule has 0 radical (unpaired) electrons. The van der Waals surface area contributed by atoms with E-state index in [1.54, 1.807) is 12.1 Å². The highest BCUT2D eigenvalue weighted by atomic mass is 16.5. The van der Waals surface area contributed by atoms with Crippen molar-refractivity contribution in [3.8, 4) is 17.2 Å². The van der Waals surface area contributed by atoms with E-state index >= 15 is 0 Å². The number of hydrogen-bond acceptors (Lipinski definition) is 4. The molecule has 0 saturated carbocycles. The van der Waals surface area contributed by atoms with E-state index in [9.17, 15) is 4.79 Å². The number of rotatable bonds is 6. The fraction of sp³-hybridized carbons (Fsp3) is 0.350. The third kappa shape index (κ3) is 4.05. The van der Waals surface area contributed by atoms with Gasteiger partial charge in [-0.05, 0) is 49.6 Å². The van der Waals surface area contributed by atoms with Crippen LogP contribution in [0.4, 0.5) is 0 Å². The lowest BCUT2D eigenvalue weighted by Crippen LogP contribution is -2.24. The molecule has 0 saturated heterocycles. The first kappa shape index (κ1) is 18.6. The first-order valence-corrected chi connectivity index (χ1v) is 8.06. The van der Waals surface area contributed by atoms with Crippen LogP contribution < -0.4 is 19.5 Å². The minimum atomic E-state index is -0.196. The van der Waals surface area contributed by atoms with Crippen LogP contribution in [0.3, 0.4) is 0 Å². The molecule has 0 aliphatic carbocycles. The molecule has 5 heteroatoms. The highest BCUT2D eigenvalue weighted by molar-refractivity contribution is 5.95. The normalized spacial score (nSPS) is 10.3. The summed E-state index contributed by atoms with van der Waals surface area (Å²) in [4.78, 5) is 12.6. The molecular weight excluding hydrogens is 318 g/mol. The van der Waals surface area contributed by atoms with Crippen LogP contribution >= 0.6 is 0 Å². The summed E-state index contributed by atoms with van der Waals surface area (Å²) in [6.45, 7) is 6.65. The summed E-state index contributed by atoms with van der Waals surface area (Å²) < 4.78 is 15.9. The smallest absolute Gasteiger partial charge is 0.251 e. The minimum absolute atomic E-state index is 0.196. The van der Waals surface area contributed by atoms with E-state index in [-0.39, 0.29) is 5.91 Å². The van der Waals surface area contributed by atoms with Gasteiger partial charge in [0.25, 0.3) is 5.91 Å². The van der Waals surface area contributed by atoms with Crippen molar-refractivity contribution in [1.82, 2.24) is 5.32 Å². The third-order valence-corrected chi connectivity index (χ3v) is 4.19. The van der Waals surface area contributed by atoms with E-state index < -0.39 is 0 Å². The highest BCUT2D eigenvalue weighted by Gasteiger charge is 2.17. The number of methoxy groups -OCH3 is 3. The van der Waals surface area contributed by atoms with E-state index in [0.29, 0.717) is 29.4 Å². The largest absolute Gasteiger partial charge is 0.493 e. The number of aryl methyl sites for hydroxylation is 3. The highest BCUT2D eigenvalue weighted by Crippen LogP contribution is 2.38. The van der Waals surface area contributed by atoms with Gasteiger partial charge in [0.05, 0.1) is 21.3 Å². The van der Waals surface area contributed by atoms with Crippen LogP contribution in [0.15, 0.2) is 24.3 Å². The van der Waals surface area contributed by atoms with Crippen molar-refractivity contribution in [3.05, 3.63) is 52.1 Å². The van der Waals surface area contributed by atoms with Gasteiger partial charge in [0.2, 0.25) is 5.75 Å². The number of nitrogens with one attached hydrogen (secondary N) is 1. The Hall–Kier alpha value is -2.69. The fourth-order valence-corrected chi connectivity index (χ4v) is 2.97. The van der Waals surface area contributed by atoms with Gasteiger partial charge in [0.1, 0.15) is 0 Å². The van der Waals surface area contributed by atoms with Gasteiger partial charge in [0.15, 0.2) is 11.5 Å². The number of amides is 1. The van der Waals surface area contributed by atoms with Crippen molar-refractivity contribution in [3.63, 3.8) is 0 Å². The van der Waals surface area contributed by atoms with Crippen LogP contribution in [-0.2, 0) is 6.54 Å². The second-order valence-electron chi connectivity index (χ2n) is 5.97. The second-order valence-corrected chi connectivity index (χ2v) is 5.97. The lowest BCUT2D eigenvalue weighted by Gasteiger charge is -2.15. The van der Waals surface area contributed by atoms with Gasteiger partial charge in [0, 0.05) is 12.1 Å². The Kier molecular flexibility index (Phi) is 5.91. The topological polar surface area (TPSA) is 56.8 Å². The maximum Gasteiger partial charge on any atom is 0.251 e. The van der Waals surface area contributed by atoms with Gasteiger partial charge in [-0.25, -0.2) is 0 Å². The summed E-state index contributed by atoms with van der Waals surface area (Å²) in [5, 5.41) is 2.97. The number of carbonyl (C=O) groups is 1. The Balaban J connectivity index is 2.24. The van der Waals surface area contributed by atoms with Crippen LogP contribution in [0.2, 0.25) is 0 Å². The van der Waals surface area contributed by atoms with E-state index in [2.05, 4.69) is 38.2 Å². The molecule has 2 aromatic rings. The predicted molar refractivity (Wildman–Crippen MR) is 97.9 cm³/mol. The number of hydrogen-bond donors (Lipinski definition) is 1. The summed E-state index contributed by atoms with van der Waals surface area (Å²) >= 11 is 0. The zero-order valence-corrected chi connectivity index (χ0v) is 15.6. The van der Waals surface area contributed by atoms with Gasteiger partial charge in [-0.2, -0.15) is 0 Å². The monoisotopic (exact) mass is 343 g/mol. The van der Waals surface area contributed by atoms with E-state index in [1.807, 2.05) is 0 Å². The van der Waals surface area contributed by atoms with Crippen LogP contribution in [0, 0.1) is 20.8 Å². The Labute approximate surface area is 148 Å². The second kappa shape index (κ2) is 7.92. The molecule has 0 aliphatic rings. The molecule has 0 spiro atoms. The maximum absolute atomic E-state index is 12.6. The van der Waals surface area contributed by atoms with Crippen molar-refractivity contribution < 1.29 is 19.0 Å². The quantitative estimate of drug-likeness (QED) is 0.871. The number of ether oxygens (including phenoxy) is 3. The first-order chi connectivity index (χ1) is 11.9. The van der Waals surface area contributed by atoms with Crippen LogP contribution in [0.25, 0.3) is 0 Å². The Morgan fingerprint density at radius 1 is 0.880 bits per heavy atom. The molecule has 0 aromatic heterocycles. The molecule has 0 fully saturated rings. The summed E-state index contributed by atoms with van der Waals surface area (Å²) in [5.41, 5.74) is 5.14. The molecule has 1 amide bonds. The Bertz CT molecular complexity index is 735. The molecule has 0 atom stereocenters. The molecule has 134 valence electrons. The summed E-state index contributed by atoms with van der Waals surface area (Å²) in [6, 6.07) is 7.53. The molecule has 25 heavy (non-hydrogen) atoms. The van der Waals surface area contributed by atoms with Crippen molar-refractivity contribution in [1.29, 1.82) is 0 Å². The predicted octanol–water partition coefficient (Wildman–Crippen LogP) is 3.57. The molecule has 0 unspecified atom stereocenters. The molecule has 0 heterocycles. The average Bonchev–Trinajstić information content (AvgIpc) is 2.59. The average molecular weight is 343 g/mol. The van der Waals surface area contributed by atoms with Crippen molar-refractivity contribution in [2.24, 2.45) is 0 Å². The molecule has 2 aromatic carbocycles. The van der Waals surface area contributed by atoms with Gasteiger partial charge in [-0.1, -0.05) is 17.7 Å². The van der Waals surface area contributed by atoms with E-state index in [4.69, 9.17) is 14.2 Å². The number of carbonyl (C=O) groups excluding carboxylic acids is 1. The molecule has 0 aliphatic heterocycles. The first-order valence-electron chi connectivity index (χ1n) is 8.06. The van der Waals surface area contributed by atoms with Crippen LogP contribution in [0.1, 0.15) is 32.6 Å². The van der Waals surface area contributed by atoms with Crippen LogP contribution in [-0.4, -0.2) is 27.2 Å². The van der Waals surface area contributed by atoms with Crippen molar-refractivity contribution in [2.75, 3.05) is 21.3 Å². The van der Waals surface area contributed by atoms with E-state index in [0.717, 1.165) is 5.56 Å². The minimum Gasteiger partial charge on any atom is -0.493 e. The van der Waals surface area contributed by atoms with Gasteiger partial charge < -0.3 is 19.5 Å². The zero-order chi connectivity index (χ0) is 18.6. The molecule has 0 bridgehead atoms. The molecule has 2 rings (SSSR count). The van der Waals surface area contributed by atoms with Gasteiger partial charge >= 0.3 is 0 Å². The molecular formula is C20H25NO4. The van der Waals surface area contributed by atoms with Gasteiger partial charge in [-0.3, -0.25) is 4.79 Å². The fourth-order valence-electron chi connectivity index (χ4n) is 2.97. The SMILES string of the molecule is COc1cc(C(=O)NCc2c(C)cc(C)cc2C)cc(OC)c1OC. The lowest BCUT2D eigenvalue weighted by atomic mass is 10.00. The van der Waals surface area contributed by atoms with E-state index in [1.165, 1.54) is 38.0 Å². The standard InChI is InChI=1S/C20H25NO4/c1-12-7-13(2)16(14(3)8-12)11-21-20(22)15-9-17(23-4)19(25-6)18(10-15)24-5/h7-10H,11H2,1-6H3,(H,21,22). The van der Waals surface area contributed by atoms with Crippen LogP contribution in [0.5, 0.6) is 17.2 Å². The lowest BCUT2D eigenvalue weighted by molar-refractivity contribution is 0.0950. The summed E-state index contributed by atoms with van der Waals surface area (Å²) in [5.74, 6) is 1.18. The summed E-state index contributed by atoms with van der Waals surface area (Å²) in [6.07, 6.45) is 0. The maximum atomic E-state index is 12.6. The van der Waals surface area contributed by atoms with Gasteiger partial charge in [-0.15, -0.1) is 0 Å². The van der Waals surface area contributed by atoms with Crippen molar-refractivity contribution >= 4 is 5.91 Å². The molecule has 1 N–H and O–H groups in total. The number of benzene rings is 2.